The maximum Gasteiger partial charge on any atom is 0.137 e. The van der Waals surface area contributed by atoms with Crippen LogP contribution >= 0.6 is 0 Å². The minimum Gasteiger partial charge on any atom is -0.320 e. The van der Waals surface area contributed by atoms with Crippen LogP contribution in [0.5, 0.6) is 0 Å². The van der Waals surface area contributed by atoms with Crippen molar-refractivity contribution in [2.24, 2.45) is 19.5 Å². The Balaban J connectivity index is 1.60. The Bertz CT molecular complexity index is 709. The Hall–Kier alpha value is -1.69. The van der Waals surface area contributed by atoms with E-state index in [9.17, 15) is 0 Å². The number of aryl methyl sites for hydroxylation is 3. The zero-order valence-electron chi connectivity index (χ0n) is 15.1. The summed E-state index contributed by atoms with van der Waals surface area (Å²) in [6.45, 7) is 5.37. The van der Waals surface area contributed by atoms with Crippen LogP contribution in [0.4, 0.5) is 0 Å². The zero-order chi connectivity index (χ0) is 16.7. The number of aromatic nitrogens is 5. The molecule has 0 N–H and O–H groups in total. The molecule has 2 aromatic heterocycles. The van der Waals surface area contributed by atoms with E-state index < -0.39 is 0 Å². The molecular weight excluding hydrogens is 300 g/mol. The largest absolute Gasteiger partial charge is 0.320 e. The van der Waals surface area contributed by atoms with Crippen molar-refractivity contribution in [1.29, 1.82) is 0 Å². The van der Waals surface area contributed by atoms with Crippen LogP contribution in [0.15, 0.2) is 12.5 Å². The third kappa shape index (κ3) is 2.66. The number of hydrogen-bond acceptors (Lipinski definition) is 4. The third-order valence-electron chi connectivity index (χ3n) is 6.13. The molecule has 0 bridgehead atoms. The van der Waals surface area contributed by atoms with Crippen molar-refractivity contribution in [2.45, 2.75) is 51.5 Å². The van der Waals surface area contributed by atoms with Crippen LogP contribution in [-0.2, 0) is 20.6 Å². The van der Waals surface area contributed by atoms with Crippen LogP contribution in [0, 0.1) is 12.3 Å². The van der Waals surface area contributed by atoms with Gasteiger partial charge in [-0.3, -0.25) is 9.58 Å². The van der Waals surface area contributed by atoms with E-state index in [1.165, 1.54) is 50.0 Å². The number of hydrogen-bond donors (Lipinski definition) is 0. The summed E-state index contributed by atoms with van der Waals surface area (Å²) in [5.74, 6) is 1.67. The first-order chi connectivity index (χ1) is 11.6. The third-order valence-corrected chi connectivity index (χ3v) is 6.13. The molecule has 1 spiro atoms. The molecular formula is C18H28N6. The Morgan fingerprint density at radius 3 is 2.62 bits per heavy atom. The fraction of sp³-hybridized carbons (Fsp3) is 0.722. The van der Waals surface area contributed by atoms with Gasteiger partial charge in [-0.15, -0.1) is 10.2 Å². The molecule has 3 heterocycles. The molecule has 0 radical (unpaired) electrons. The van der Waals surface area contributed by atoms with Gasteiger partial charge in [0.2, 0.25) is 0 Å². The smallest absolute Gasteiger partial charge is 0.137 e. The van der Waals surface area contributed by atoms with Gasteiger partial charge in [-0.05, 0) is 25.2 Å². The van der Waals surface area contributed by atoms with Gasteiger partial charge in [0.05, 0.1) is 5.69 Å². The number of rotatable bonds is 3. The van der Waals surface area contributed by atoms with Gasteiger partial charge in [-0.1, -0.05) is 19.3 Å². The van der Waals surface area contributed by atoms with Crippen molar-refractivity contribution < 1.29 is 0 Å². The Labute approximate surface area is 143 Å². The van der Waals surface area contributed by atoms with E-state index in [0.717, 1.165) is 18.8 Å². The zero-order valence-corrected chi connectivity index (χ0v) is 15.1. The summed E-state index contributed by atoms with van der Waals surface area (Å²) < 4.78 is 4.05. The van der Waals surface area contributed by atoms with Crippen molar-refractivity contribution in [1.82, 2.24) is 29.4 Å². The van der Waals surface area contributed by atoms with Crippen molar-refractivity contribution in [3.8, 4) is 0 Å². The molecule has 2 aromatic rings. The van der Waals surface area contributed by atoms with E-state index >= 15 is 0 Å². The molecule has 2 fully saturated rings. The average molecular weight is 328 g/mol. The van der Waals surface area contributed by atoms with Crippen molar-refractivity contribution in [3.63, 3.8) is 0 Å². The second-order valence-corrected chi connectivity index (χ2v) is 7.86. The van der Waals surface area contributed by atoms with Gasteiger partial charge in [0.15, 0.2) is 0 Å². The Morgan fingerprint density at radius 2 is 2.00 bits per heavy atom. The van der Waals surface area contributed by atoms with Crippen LogP contribution in [0.2, 0.25) is 0 Å². The lowest BCUT2D eigenvalue weighted by molar-refractivity contribution is 0.164. The van der Waals surface area contributed by atoms with Crippen LogP contribution in [0.25, 0.3) is 0 Å². The number of nitrogens with zero attached hydrogens (tertiary/aromatic N) is 6. The minimum atomic E-state index is 0.384. The maximum absolute atomic E-state index is 4.50. The van der Waals surface area contributed by atoms with Gasteiger partial charge in [0.1, 0.15) is 12.2 Å². The quantitative estimate of drug-likeness (QED) is 0.868. The first-order valence-electron chi connectivity index (χ1n) is 9.13. The lowest BCUT2D eigenvalue weighted by Crippen LogP contribution is -2.33. The molecule has 24 heavy (non-hydrogen) atoms. The molecule has 1 unspecified atom stereocenters. The summed E-state index contributed by atoms with van der Waals surface area (Å²) in [7, 11) is 4.09. The summed E-state index contributed by atoms with van der Waals surface area (Å²) in [6.07, 6.45) is 10.8. The molecule has 130 valence electrons. The normalized spacial score (nSPS) is 24.0. The Morgan fingerprint density at radius 1 is 1.21 bits per heavy atom. The van der Waals surface area contributed by atoms with E-state index in [2.05, 4.69) is 44.9 Å². The highest BCUT2D eigenvalue weighted by Gasteiger charge is 2.49. The van der Waals surface area contributed by atoms with Gasteiger partial charge in [0, 0.05) is 51.4 Å². The molecule has 0 aromatic carbocycles. The van der Waals surface area contributed by atoms with Crippen molar-refractivity contribution in [3.05, 3.63) is 29.6 Å². The molecule has 6 heteroatoms. The molecule has 1 aliphatic carbocycles. The van der Waals surface area contributed by atoms with E-state index in [1.54, 1.807) is 0 Å². The first kappa shape index (κ1) is 15.8. The SMILES string of the molecule is Cc1nn(C)cc1CN1CC(c2nncn2C)C2(CCCCC2)C1. The summed E-state index contributed by atoms with van der Waals surface area (Å²) in [5, 5.41) is 13.1. The van der Waals surface area contributed by atoms with Crippen LogP contribution in [0.1, 0.15) is 55.1 Å². The topological polar surface area (TPSA) is 51.8 Å². The van der Waals surface area contributed by atoms with Crippen LogP contribution < -0.4 is 0 Å². The highest BCUT2D eigenvalue weighted by atomic mass is 15.3. The van der Waals surface area contributed by atoms with Crippen LogP contribution in [-0.4, -0.2) is 42.5 Å². The first-order valence-corrected chi connectivity index (χ1v) is 9.13. The molecule has 1 saturated carbocycles. The average Bonchev–Trinajstić information content (AvgIpc) is 3.20. The van der Waals surface area contributed by atoms with E-state index in [0.29, 0.717) is 11.3 Å². The standard InChI is InChI=1S/C18H28N6/c1-14-15(9-23(3)21-14)10-24-11-16(17-20-19-13-22(17)2)18(12-24)7-5-4-6-8-18/h9,13,16H,4-8,10-12H2,1-3H3. The fourth-order valence-electron chi connectivity index (χ4n) is 4.96. The van der Waals surface area contributed by atoms with Gasteiger partial charge >= 0.3 is 0 Å². The maximum atomic E-state index is 4.50. The van der Waals surface area contributed by atoms with E-state index in [-0.39, 0.29) is 0 Å². The minimum absolute atomic E-state index is 0.384. The summed E-state index contributed by atoms with van der Waals surface area (Å²) in [5.41, 5.74) is 2.88. The molecule has 0 amide bonds. The predicted octanol–water partition coefficient (Wildman–Crippen LogP) is 2.41. The van der Waals surface area contributed by atoms with E-state index in [4.69, 9.17) is 0 Å². The summed E-state index contributed by atoms with van der Waals surface area (Å²) >= 11 is 0. The van der Waals surface area contributed by atoms with Crippen molar-refractivity contribution >= 4 is 0 Å². The van der Waals surface area contributed by atoms with Gasteiger partial charge < -0.3 is 4.57 Å². The molecule has 4 rings (SSSR count). The molecule has 2 aliphatic rings. The predicted molar refractivity (Wildman–Crippen MR) is 92.5 cm³/mol. The summed E-state index contributed by atoms with van der Waals surface area (Å²) in [6, 6.07) is 0. The fourth-order valence-corrected chi connectivity index (χ4v) is 4.96. The Kier molecular flexibility index (Phi) is 3.95. The summed E-state index contributed by atoms with van der Waals surface area (Å²) in [4.78, 5) is 2.62. The lowest BCUT2D eigenvalue weighted by atomic mass is 9.67. The molecule has 1 saturated heterocycles. The second-order valence-electron chi connectivity index (χ2n) is 7.86. The van der Waals surface area contributed by atoms with Crippen LogP contribution in [0.3, 0.4) is 0 Å². The molecule has 1 atom stereocenters. The highest BCUT2D eigenvalue weighted by Crippen LogP contribution is 2.51. The molecule has 1 aliphatic heterocycles. The highest BCUT2D eigenvalue weighted by molar-refractivity contribution is 5.18. The van der Waals surface area contributed by atoms with E-state index in [1.807, 2.05) is 18.1 Å². The second kappa shape index (κ2) is 5.99. The van der Waals surface area contributed by atoms with Gasteiger partial charge in [-0.2, -0.15) is 5.10 Å². The van der Waals surface area contributed by atoms with Crippen molar-refractivity contribution in [2.75, 3.05) is 13.1 Å². The molecule has 6 nitrogen and oxygen atoms in total. The monoisotopic (exact) mass is 328 g/mol. The lowest BCUT2D eigenvalue weighted by Gasteiger charge is -2.37. The van der Waals surface area contributed by atoms with Gasteiger partial charge in [-0.25, -0.2) is 0 Å². The number of likely N-dealkylation sites (tertiary alicyclic amines) is 1. The van der Waals surface area contributed by atoms with Gasteiger partial charge in [0.25, 0.3) is 0 Å².